The number of methoxy groups -OCH3 is 1. The number of carboxylic acid groups (broad SMARTS) is 1. The number of hydrogen-bond donors (Lipinski definition) is 1. The van der Waals surface area contributed by atoms with E-state index in [2.05, 4.69) is 15.9 Å². The number of carboxylic acids is 1. The second kappa shape index (κ2) is 8.63. The molecule has 7 heteroatoms. The van der Waals surface area contributed by atoms with Gasteiger partial charge in [0.25, 0.3) is 5.91 Å². The number of rotatable bonds is 8. The van der Waals surface area contributed by atoms with Crippen LogP contribution in [0.15, 0.2) is 16.6 Å². The maximum absolute atomic E-state index is 12.5. The summed E-state index contributed by atoms with van der Waals surface area (Å²) < 4.78 is 11.3. The van der Waals surface area contributed by atoms with Crippen LogP contribution in [0.2, 0.25) is 0 Å². The van der Waals surface area contributed by atoms with Crippen molar-refractivity contribution in [1.29, 1.82) is 0 Å². The number of nitrogens with zero attached hydrogens (tertiary/aromatic N) is 1. The Morgan fingerprint density at radius 2 is 2.00 bits per heavy atom. The van der Waals surface area contributed by atoms with E-state index < -0.39 is 5.97 Å². The van der Waals surface area contributed by atoms with Gasteiger partial charge in [0.05, 0.1) is 18.2 Å². The molecule has 1 amide bonds. The first-order chi connectivity index (χ1) is 10.4. The molecule has 0 spiro atoms. The third kappa shape index (κ3) is 4.62. The normalized spacial score (nSPS) is 10.2. The lowest BCUT2D eigenvalue weighted by Gasteiger charge is -2.21. The minimum atomic E-state index is -1.04. The first-order valence-corrected chi connectivity index (χ1v) is 7.75. The van der Waals surface area contributed by atoms with E-state index in [0.717, 1.165) is 0 Å². The summed E-state index contributed by atoms with van der Waals surface area (Å²) in [5.41, 5.74) is 0.349. The Morgan fingerprint density at radius 1 is 1.32 bits per heavy atom. The molecule has 1 aromatic carbocycles. The second-order valence-electron chi connectivity index (χ2n) is 4.54. The number of carbonyl (C=O) groups excluding carboxylic acids is 1. The van der Waals surface area contributed by atoms with Crippen molar-refractivity contribution in [3.63, 3.8) is 0 Å². The molecular weight excluding hydrogens is 354 g/mol. The smallest absolute Gasteiger partial charge is 0.323 e. The van der Waals surface area contributed by atoms with E-state index in [1.165, 1.54) is 12.0 Å². The predicted molar refractivity (Wildman–Crippen MR) is 85.7 cm³/mol. The van der Waals surface area contributed by atoms with Crippen LogP contribution in [0.4, 0.5) is 0 Å². The molecule has 1 aromatic rings. The van der Waals surface area contributed by atoms with Gasteiger partial charge >= 0.3 is 5.97 Å². The van der Waals surface area contributed by atoms with Crippen molar-refractivity contribution in [2.75, 3.05) is 26.8 Å². The molecule has 0 aliphatic carbocycles. The molecule has 0 fully saturated rings. The Bertz CT molecular complexity index is 547. The molecule has 0 atom stereocenters. The minimum absolute atomic E-state index is 0.334. The maximum atomic E-state index is 12.5. The predicted octanol–water partition coefficient (Wildman–Crippen LogP) is 2.79. The number of carbonyl (C=O) groups is 2. The van der Waals surface area contributed by atoms with E-state index in [4.69, 9.17) is 14.6 Å². The van der Waals surface area contributed by atoms with E-state index in [0.29, 0.717) is 41.1 Å². The molecule has 1 N–H and O–H groups in total. The largest absolute Gasteiger partial charge is 0.493 e. The quantitative estimate of drug-likeness (QED) is 0.757. The zero-order chi connectivity index (χ0) is 16.7. The molecule has 0 heterocycles. The van der Waals surface area contributed by atoms with Crippen LogP contribution in [-0.2, 0) is 4.79 Å². The van der Waals surface area contributed by atoms with Crippen LogP contribution >= 0.6 is 15.9 Å². The lowest BCUT2D eigenvalue weighted by atomic mass is 10.1. The van der Waals surface area contributed by atoms with Crippen LogP contribution in [0, 0.1) is 0 Å². The Hall–Kier alpha value is -1.76. The number of hydrogen-bond acceptors (Lipinski definition) is 4. The van der Waals surface area contributed by atoms with Crippen LogP contribution in [0.3, 0.4) is 0 Å². The molecule has 0 aliphatic rings. The minimum Gasteiger partial charge on any atom is -0.493 e. The van der Waals surface area contributed by atoms with Crippen LogP contribution in [-0.4, -0.2) is 48.7 Å². The number of aliphatic carboxylic acids is 1. The van der Waals surface area contributed by atoms with Crippen molar-refractivity contribution < 1.29 is 24.2 Å². The first-order valence-electron chi connectivity index (χ1n) is 6.95. The summed E-state index contributed by atoms with van der Waals surface area (Å²) in [5.74, 6) is -0.460. The molecule has 22 heavy (non-hydrogen) atoms. The zero-order valence-electron chi connectivity index (χ0n) is 12.9. The fourth-order valence-electron chi connectivity index (χ4n) is 2.00. The van der Waals surface area contributed by atoms with E-state index in [9.17, 15) is 9.59 Å². The van der Waals surface area contributed by atoms with Gasteiger partial charge < -0.3 is 19.5 Å². The SMILES string of the molecule is CCCN(CC(=O)O)C(=O)c1cc(Br)c(OCC)c(OC)c1. The second-order valence-corrected chi connectivity index (χ2v) is 5.40. The first kappa shape index (κ1) is 18.3. The highest BCUT2D eigenvalue weighted by atomic mass is 79.9. The van der Waals surface area contributed by atoms with Crippen molar-refractivity contribution in [2.24, 2.45) is 0 Å². The summed E-state index contributed by atoms with van der Waals surface area (Å²) in [6, 6.07) is 3.17. The highest BCUT2D eigenvalue weighted by molar-refractivity contribution is 9.10. The maximum Gasteiger partial charge on any atom is 0.323 e. The van der Waals surface area contributed by atoms with Gasteiger partial charge in [-0.3, -0.25) is 9.59 Å². The van der Waals surface area contributed by atoms with Crippen molar-refractivity contribution in [2.45, 2.75) is 20.3 Å². The summed E-state index contributed by atoms with van der Waals surface area (Å²) in [6.07, 6.45) is 0.675. The van der Waals surface area contributed by atoms with Crippen molar-refractivity contribution in [3.8, 4) is 11.5 Å². The Morgan fingerprint density at radius 3 is 2.50 bits per heavy atom. The van der Waals surface area contributed by atoms with Crippen LogP contribution in [0.25, 0.3) is 0 Å². The summed E-state index contributed by atoms with van der Waals surface area (Å²) >= 11 is 3.36. The number of amides is 1. The zero-order valence-corrected chi connectivity index (χ0v) is 14.5. The molecule has 0 unspecified atom stereocenters. The fourth-order valence-corrected chi connectivity index (χ4v) is 2.55. The van der Waals surface area contributed by atoms with E-state index in [1.807, 2.05) is 13.8 Å². The van der Waals surface area contributed by atoms with Gasteiger partial charge in [-0.05, 0) is 41.4 Å². The third-order valence-corrected chi connectivity index (χ3v) is 3.46. The molecule has 0 bridgehead atoms. The highest BCUT2D eigenvalue weighted by Crippen LogP contribution is 2.37. The molecule has 0 aliphatic heterocycles. The average molecular weight is 374 g/mol. The van der Waals surface area contributed by atoms with Gasteiger partial charge in [0.15, 0.2) is 11.5 Å². The van der Waals surface area contributed by atoms with Crippen LogP contribution < -0.4 is 9.47 Å². The molecule has 1 rings (SSSR count). The molecule has 0 radical (unpaired) electrons. The summed E-state index contributed by atoms with van der Waals surface area (Å²) in [7, 11) is 1.49. The van der Waals surface area contributed by atoms with E-state index in [1.54, 1.807) is 12.1 Å². The lowest BCUT2D eigenvalue weighted by molar-refractivity contribution is -0.137. The van der Waals surface area contributed by atoms with Crippen molar-refractivity contribution >= 4 is 27.8 Å². The van der Waals surface area contributed by atoms with E-state index in [-0.39, 0.29) is 12.5 Å². The van der Waals surface area contributed by atoms with Gasteiger partial charge in [-0.25, -0.2) is 0 Å². The Labute approximate surface area is 138 Å². The summed E-state index contributed by atoms with van der Waals surface area (Å²) in [6.45, 7) is 4.24. The van der Waals surface area contributed by atoms with Gasteiger partial charge in [0.2, 0.25) is 0 Å². The van der Waals surface area contributed by atoms with Crippen LogP contribution in [0.5, 0.6) is 11.5 Å². The van der Waals surface area contributed by atoms with Gasteiger partial charge in [-0.2, -0.15) is 0 Å². The van der Waals surface area contributed by atoms with Crippen LogP contribution in [0.1, 0.15) is 30.6 Å². The molecule has 122 valence electrons. The summed E-state index contributed by atoms with van der Waals surface area (Å²) in [5, 5.41) is 8.93. The summed E-state index contributed by atoms with van der Waals surface area (Å²) in [4.78, 5) is 24.7. The Kier molecular flexibility index (Phi) is 7.17. The van der Waals surface area contributed by atoms with Gasteiger partial charge in [-0.1, -0.05) is 6.92 Å². The number of benzene rings is 1. The third-order valence-electron chi connectivity index (χ3n) is 2.87. The highest BCUT2D eigenvalue weighted by Gasteiger charge is 2.21. The monoisotopic (exact) mass is 373 g/mol. The topological polar surface area (TPSA) is 76.1 Å². The van der Waals surface area contributed by atoms with Gasteiger partial charge in [-0.15, -0.1) is 0 Å². The average Bonchev–Trinajstić information content (AvgIpc) is 2.47. The molecule has 6 nitrogen and oxygen atoms in total. The van der Waals surface area contributed by atoms with Gasteiger partial charge in [0, 0.05) is 12.1 Å². The molecular formula is C15H20BrNO5. The fraction of sp³-hybridized carbons (Fsp3) is 0.467. The Balaban J connectivity index is 3.15. The van der Waals surface area contributed by atoms with Crippen molar-refractivity contribution in [1.82, 2.24) is 4.90 Å². The molecule has 0 saturated heterocycles. The lowest BCUT2D eigenvalue weighted by Crippen LogP contribution is -2.36. The van der Waals surface area contributed by atoms with E-state index >= 15 is 0 Å². The number of halogens is 1. The van der Waals surface area contributed by atoms with Crippen molar-refractivity contribution in [3.05, 3.63) is 22.2 Å². The van der Waals surface area contributed by atoms with Gasteiger partial charge in [0.1, 0.15) is 6.54 Å². The molecule has 0 saturated carbocycles. The standard InChI is InChI=1S/C15H20BrNO5/c1-4-6-17(9-13(18)19)15(20)10-7-11(16)14(22-5-2)12(8-10)21-3/h7-8H,4-6,9H2,1-3H3,(H,18,19). The number of ether oxygens (including phenoxy) is 2. The molecule has 0 aromatic heterocycles.